The zero-order valence-electron chi connectivity index (χ0n) is 11.8. The highest BCUT2D eigenvalue weighted by atomic mass is 35.5. The third kappa shape index (κ3) is 3.80. The number of hydrogen-bond acceptors (Lipinski definition) is 2. The highest BCUT2D eigenvalue weighted by Crippen LogP contribution is 2.35. The standard InChI is InChI=1S/C16H16Cl2FNO/c1-3-15(10-4-6-12(21-2)7-5-10)20-16-13(17)8-11(19)9-14(16)18/h4-9,15,20H,3H2,1-2H3. The van der Waals surface area contributed by atoms with Crippen molar-refractivity contribution in [3.05, 3.63) is 57.8 Å². The van der Waals surface area contributed by atoms with Crippen molar-refractivity contribution in [1.82, 2.24) is 0 Å². The monoisotopic (exact) mass is 327 g/mol. The van der Waals surface area contributed by atoms with Gasteiger partial charge in [-0.2, -0.15) is 0 Å². The smallest absolute Gasteiger partial charge is 0.126 e. The molecule has 0 fully saturated rings. The van der Waals surface area contributed by atoms with Gasteiger partial charge in [0.25, 0.3) is 0 Å². The predicted octanol–water partition coefficient (Wildman–Crippen LogP) is 5.70. The molecule has 0 aliphatic heterocycles. The molecule has 2 aromatic carbocycles. The van der Waals surface area contributed by atoms with E-state index in [4.69, 9.17) is 27.9 Å². The molecule has 0 radical (unpaired) electrons. The largest absolute Gasteiger partial charge is 0.497 e. The Morgan fingerprint density at radius 1 is 1.14 bits per heavy atom. The summed E-state index contributed by atoms with van der Waals surface area (Å²) in [6, 6.07) is 10.3. The summed E-state index contributed by atoms with van der Waals surface area (Å²) in [7, 11) is 1.63. The van der Waals surface area contributed by atoms with E-state index >= 15 is 0 Å². The molecule has 0 heterocycles. The third-order valence-electron chi connectivity index (χ3n) is 3.25. The van der Waals surface area contributed by atoms with Gasteiger partial charge in [0.2, 0.25) is 0 Å². The lowest BCUT2D eigenvalue weighted by Gasteiger charge is -2.21. The van der Waals surface area contributed by atoms with E-state index in [-0.39, 0.29) is 16.1 Å². The Morgan fingerprint density at radius 2 is 1.71 bits per heavy atom. The lowest BCUT2D eigenvalue weighted by Crippen LogP contribution is -2.10. The Hall–Kier alpha value is -1.45. The Bertz CT molecular complexity index is 593. The van der Waals surface area contributed by atoms with Gasteiger partial charge in [-0.25, -0.2) is 4.39 Å². The second-order valence-corrected chi connectivity index (χ2v) is 5.44. The van der Waals surface area contributed by atoms with E-state index in [2.05, 4.69) is 5.32 Å². The van der Waals surface area contributed by atoms with Crippen molar-refractivity contribution < 1.29 is 9.13 Å². The molecule has 0 aliphatic rings. The van der Waals surface area contributed by atoms with Crippen LogP contribution in [0.25, 0.3) is 0 Å². The minimum atomic E-state index is -0.451. The van der Waals surface area contributed by atoms with Crippen LogP contribution in [0.5, 0.6) is 5.75 Å². The number of rotatable bonds is 5. The van der Waals surface area contributed by atoms with E-state index in [1.807, 2.05) is 31.2 Å². The first-order valence-corrected chi connectivity index (χ1v) is 7.35. The van der Waals surface area contributed by atoms with Crippen molar-refractivity contribution in [2.75, 3.05) is 12.4 Å². The zero-order valence-corrected chi connectivity index (χ0v) is 13.3. The molecule has 0 bridgehead atoms. The van der Waals surface area contributed by atoms with E-state index < -0.39 is 5.82 Å². The molecule has 0 saturated heterocycles. The number of benzene rings is 2. The summed E-state index contributed by atoms with van der Waals surface area (Å²) in [6.45, 7) is 2.05. The summed E-state index contributed by atoms with van der Waals surface area (Å²) < 4.78 is 18.4. The van der Waals surface area contributed by atoms with Gasteiger partial charge in [0, 0.05) is 0 Å². The van der Waals surface area contributed by atoms with Crippen LogP contribution in [-0.4, -0.2) is 7.11 Å². The van der Waals surface area contributed by atoms with Crippen LogP contribution in [0.15, 0.2) is 36.4 Å². The SMILES string of the molecule is CCC(Nc1c(Cl)cc(F)cc1Cl)c1ccc(OC)cc1. The molecule has 1 N–H and O–H groups in total. The minimum Gasteiger partial charge on any atom is -0.497 e. The highest BCUT2D eigenvalue weighted by molar-refractivity contribution is 6.39. The summed E-state index contributed by atoms with van der Waals surface area (Å²) in [6.07, 6.45) is 0.830. The van der Waals surface area contributed by atoms with Crippen LogP contribution in [0, 0.1) is 5.82 Å². The van der Waals surface area contributed by atoms with Crippen molar-refractivity contribution in [3.63, 3.8) is 0 Å². The van der Waals surface area contributed by atoms with Crippen LogP contribution in [-0.2, 0) is 0 Å². The van der Waals surface area contributed by atoms with Crippen molar-refractivity contribution >= 4 is 28.9 Å². The van der Waals surface area contributed by atoms with Crippen LogP contribution in [0.2, 0.25) is 10.0 Å². The maximum atomic E-state index is 13.2. The van der Waals surface area contributed by atoms with Gasteiger partial charge in [0.15, 0.2) is 0 Å². The topological polar surface area (TPSA) is 21.3 Å². The third-order valence-corrected chi connectivity index (χ3v) is 3.85. The molecule has 0 saturated carbocycles. The molecular formula is C16H16Cl2FNO. The van der Waals surface area contributed by atoms with E-state index in [9.17, 15) is 4.39 Å². The summed E-state index contributed by atoms with van der Waals surface area (Å²) >= 11 is 12.1. The number of methoxy groups -OCH3 is 1. The molecule has 21 heavy (non-hydrogen) atoms. The second kappa shape index (κ2) is 7.01. The molecule has 112 valence electrons. The molecule has 2 nitrogen and oxygen atoms in total. The molecule has 5 heteroatoms. The summed E-state index contributed by atoms with van der Waals surface area (Å²) in [5.74, 6) is 0.347. The lowest BCUT2D eigenvalue weighted by molar-refractivity contribution is 0.414. The quantitative estimate of drug-likeness (QED) is 0.760. The lowest BCUT2D eigenvalue weighted by atomic mass is 10.0. The molecule has 0 aliphatic carbocycles. The Labute approximate surface area is 133 Å². The number of ether oxygens (including phenoxy) is 1. The first kappa shape index (κ1) is 15.9. The van der Waals surface area contributed by atoms with Crippen LogP contribution in [0.3, 0.4) is 0 Å². The Kier molecular flexibility index (Phi) is 5.32. The van der Waals surface area contributed by atoms with Gasteiger partial charge in [-0.3, -0.25) is 0 Å². The van der Waals surface area contributed by atoms with Gasteiger partial charge < -0.3 is 10.1 Å². The molecule has 0 spiro atoms. The fourth-order valence-electron chi connectivity index (χ4n) is 2.11. The first-order valence-electron chi connectivity index (χ1n) is 6.60. The molecule has 1 unspecified atom stereocenters. The second-order valence-electron chi connectivity index (χ2n) is 4.62. The fourth-order valence-corrected chi connectivity index (χ4v) is 2.68. The van der Waals surface area contributed by atoms with E-state index in [0.29, 0.717) is 5.69 Å². The number of halogens is 3. The van der Waals surface area contributed by atoms with E-state index in [1.165, 1.54) is 12.1 Å². The summed E-state index contributed by atoms with van der Waals surface area (Å²) in [5.41, 5.74) is 1.62. The zero-order chi connectivity index (χ0) is 15.4. The predicted molar refractivity (Wildman–Crippen MR) is 86.1 cm³/mol. The van der Waals surface area contributed by atoms with E-state index in [1.54, 1.807) is 7.11 Å². The van der Waals surface area contributed by atoms with Crippen molar-refractivity contribution in [1.29, 1.82) is 0 Å². The van der Waals surface area contributed by atoms with Crippen molar-refractivity contribution in [3.8, 4) is 5.75 Å². The van der Waals surface area contributed by atoms with Crippen molar-refractivity contribution in [2.45, 2.75) is 19.4 Å². The maximum Gasteiger partial charge on any atom is 0.126 e. The van der Waals surface area contributed by atoms with Crippen molar-refractivity contribution in [2.24, 2.45) is 0 Å². The number of hydrogen-bond donors (Lipinski definition) is 1. The number of anilines is 1. The molecule has 2 aromatic rings. The molecule has 0 aromatic heterocycles. The average Bonchev–Trinajstić information content (AvgIpc) is 2.47. The Morgan fingerprint density at radius 3 is 2.19 bits per heavy atom. The van der Waals surface area contributed by atoms with Gasteiger partial charge >= 0.3 is 0 Å². The molecule has 1 atom stereocenters. The van der Waals surface area contributed by atoms with Crippen LogP contribution < -0.4 is 10.1 Å². The molecule has 0 amide bonds. The van der Waals surface area contributed by atoms with Gasteiger partial charge in [0.05, 0.1) is 28.9 Å². The highest BCUT2D eigenvalue weighted by Gasteiger charge is 2.14. The fraction of sp³-hybridized carbons (Fsp3) is 0.250. The first-order chi connectivity index (χ1) is 10.0. The average molecular weight is 328 g/mol. The van der Waals surface area contributed by atoms with Crippen LogP contribution in [0.4, 0.5) is 10.1 Å². The minimum absolute atomic E-state index is 0.0244. The summed E-state index contributed by atoms with van der Waals surface area (Å²) in [4.78, 5) is 0. The van der Waals surface area contributed by atoms with Crippen LogP contribution in [0.1, 0.15) is 24.9 Å². The Balaban J connectivity index is 2.26. The normalized spacial score (nSPS) is 12.0. The maximum absolute atomic E-state index is 13.2. The van der Waals surface area contributed by atoms with E-state index in [0.717, 1.165) is 17.7 Å². The van der Waals surface area contributed by atoms with Crippen LogP contribution >= 0.6 is 23.2 Å². The van der Waals surface area contributed by atoms with Gasteiger partial charge in [0.1, 0.15) is 11.6 Å². The van der Waals surface area contributed by atoms with Gasteiger partial charge in [-0.05, 0) is 36.2 Å². The number of nitrogens with one attached hydrogen (secondary N) is 1. The molecule has 2 rings (SSSR count). The van der Waals surface area contributed by atoms with Gasteiger partial charge in [-0.1, -0.05) is 42.3 Å². The van der Waals surface area contributed by atoms with Gasteiger partial charge in [-0.15, -0.1) is 0 Å². The summed E-state index contributed by atoms with van der Waals surface area (Å²) in [5, 5.41) is 3.82. The molecular weight excluding hydrogens is 312 g/mol.